The molecule has 0 radical (unpaired) electrons. The number of ether oxygens (including phenoxy) is 1. The largest absolute Gasteiger partial charge is 0.497 e. The molecule has 0 aliphatic carbocycles. The van der Waals surface area contributed by atoms with Gasteiger partial charge in [-0.15, -0.1) is 11.3 Å². The van der Waals surface area contributed by atoms with Gasteiger partial charge in [0.25, 0.3) is 5.91 Å². The Bertz CT molecular complexity index is 1100. The summed E-state index contributed by atoms with van der Waals surface area (Å²) >= 11 is 1.45. The number of rotatable bonds is 5. The molecule has 28 heavy (non-hydrogen) atoms. The van der Waals surface area contributed by atoms with Crippen LogP contribution in [0.3, 0.4) is 0 Å². The molecule has 140 valence electrons. The predicted molar refractivity (Wildman–Crippen MR) is 115 cm³/mol. The molecule has 0 saturated carbocycles. The molecule has 0 aliphatic heterocycles. The summed E-state index contributed by atoms with van der Waals surface area (Å²) in [6.07, 6.45) is 3.92. The van der Waals surface area contributed by atoms with E-state index in [-0.39, 0.29) is 5.91 Å². The summed E-state index contributed by atoms with van der Waals surface area (Å²) in [6.45, 7) is 2.07. The summed E-state index contributed by atoms with van der Waals surface area (Å²) in [5.41, 5.74) is 4.92. The number of amides is 1. The van der Waals surface area contributed by atoms with Gasteiger partial charge in [-0.1, -0.05) is 35.9 Å². The molecule has 0 fully saturated rings. The predicted octanol–water partition coefficient (Wildman–Crippen LogP) is 5.78. The molecule has 0 unspecified atom stereocenters. The summed E-state index contributed by atoms with van der Waals surface area (Å²) in [6, 6.07) is 19.6. The Kier molecular flexibility index (Phi) is 5.00. The van der Waals surface area contributed by atoms with E-state index in [1.54, 1.807) is 7.11 Å². The highest BCUT2D eigenvalue weighted by Crippen LogP contribution is 2.35. The number of nitrogens with zero attached hydrogens (tertiary/aromatic N) is 1. The third-order valence-electron chi connectivity index (χ3n) is 4.52. The van der Waals surface area contributed by atoms with E-state index in [1.807, 2.05) is 58.7 Å². The van der Waals surface area contributed by atoms with Gasteiger partial charge in [-0.2, -0.15) is 0 Å². The first kappa shape index (κ1) is 18.1. The molecule has 4 rings (SSSR count). The van der Waals surface area contributed by atoms with Gasteiger partial charge < -0.3 is 14.6 Å². The van der Waals surface area contributed by atoms with Crippen LogP contribution < -0.4 is 10.1 Å². The second kappa shape index (κ2) is 7.74. The van der Waals surface area contributed by atoms with Crippen molar-refractivity contribution in [3.63, 3.8) is 0 Å². The molecular formula is C23H20N2O2S. The SMILES string of the molecule is COc1cccc(NC(=O)c2scc(-c3ccc(C)cc3)c2-n2cccc2)c1. The highest BCUT2D eigenvalue weighted by atomic mass is 32.1. The number of nitrogens with one attached hydrogen (secondary N) is 1. The number of hydrogen-bond donors (Lipinski definition) is 1. The fraction of sp³-hybridized carbons (Fsp3) is 0.0870. The Balaban J connectivity index is 1.74. The van der Waals surface area contributed by atoms with Crippen LogP contribution in [0.1, 0.15) is 15.2 Å². The average Bonchev–Trinajstić information content (AvgIpc) is 3.38. The summed E-state index contributed by atoms with van der Waals surface area (Å²) in [7, 11) is 1.61. The van der Waals surface area contributed by atoms with Gasteiger partial charge in [0, 0.05) is 35.1 Å². The Morgan fingerprint density at radius 1 is 1.04 bits per heavy atom. The van der Waals surface area contributed by atoms with Crippen LogP contribution in [0, 0.1) is 6.92 Å². The lowest BCUT2D eigenvalue weighted by Crippen LogP contribution is -2.13. The molecule has 4 nitrogen and oxygen atoms in total. The van der Waals surface area contributed by atoms with Crippen LogP contribution in [0.2, 0.25) is 0 Å². The molecule has 1 N–H and O–H groups in total. The first-order chi connectivity index (χ1) is 13.7. The van der Waals surface area contributed by atoms with Crippen molar-refractivity contribution in [2.75, 3.05) is 12.4 Å². The van der Waals surface area contributed by atoms with E-state index in [1.165, 1.54) is 16.9 Å². The molecule has 0 atom stereocenters. The average molecular weight is 388 g/mol. The van der Waals surface area contributed by atoms with Gasteiger partial charge in [0.1, 0.15) is 10.6 Å². The summed E-state index contributed by atoms with van der Waals surface area (Å²) in [5, 5.41) is 5.03. The number of carbonyl (C=O) groups is 1. The topological polar surface area (TPSA) is 43.3 Å². The van der Waals surface area contributed by atoms with Crippen molar-refractivity contribution in [3.8, 4) is 22.6 Å². The van der Waals surface area contributed by atoms with Crippen molar-refractivity contribution < 1.29 is 9.53 Å². The molecule has 1 amide bonds. The lowest BCUT2D eigenvalue weighted by atomic mass is 10.0. The molecule has 2 aromatic heterocycles. The van der Waals surface area contributed by atoms with Gasteiger partial charge in [0.05, 0.1) is 12.8 Å². The minimum Gasteiger partial charge on any atom is -0.497 e. The zero-order valence-corrected chi connectivity index (χ0v) is 16.5. The van der Waals surface area contributed by atoms with Crippen molar-refractivity contribution in [1.82, 2.24) is 4.57 Å². The van der Waals surface area contributed by atoms with Crippen LogP contribution in [0.5, 0.6) is 5.75 Å². The van der Waals surface area contributed by atoms with E-state index in [9.17, 15) is 4.79 Å². The van der Waals surface area contributed by atoms with Gasteiger partial charge >= 0.3 is 0 Å². The molecule has 0 bridgehead atoms. The fourth-order valence-electron chi connectivity index (χ4n) is 3.08. The highest BCUT2D eigenvalue weighted by molar-refractivity contribution is 7.13. The second-order valence-electron chi connectivity index (χ2n) is 6.47. The molecule has 0 spiro atoms. The Morgan fingerprint density at radius 3 is 2.50 bits per heavy atom. The third kappa shape index (κ3) is 3.57. The highest BCUT2D eigenvalue weighted by Gasteiger charge is 2.20. The number of thiophene rings is 1. The third-order valence-corrected chi connectivity index (χ3v) is 5.49. The van der Waals surface area contributed by atoms with Crippen molar-refractivity contribution in [3.05, 3.63) is 88.9 Å². The van der Waals surface area contributed by atoms with Crippen LogP contribution in [0.15, 0.2) is 78.4 Å². The number of hydrogen-bond acceptors (Lipinski definition) is 3. The maximum absolute atomic E-state index is 13.1. The van der Waals surface area contributed by atoms with Crippen LogP contribution >= 0.6 is 11.3 Å². The van der Waals surface area contributed by atoms with E-state index in [0.717, 1.165) is 16.8 Å². The zero-order chi connectivity index (χ0) is 19.5. The minimum atomic E-state index is -0.139. The first-order valence-electron chi connectivity index (χ1n) is 8.93. The van der Waals surface area contributed by atoms with Crippen molar-refractivity contribution >= 4 is 22.9 Å². The summed E-state index contributed by atoms with van der Waals surface area (Å²) in [5.74, 6) is 0.565. The maximum atomic E-state index is 13.1. The normalized spacial score (nSPS) is 10.6. The van der Waals surface area contributed by atoms with E-state index in [0.29, 0.717) is 16.3 Å². The van der Waals surface area contributed by atoms with Gasteiger partial charge in [0.15, 0.2) is 0 Å². The van der Waals surface area contributed by atoms with Crippen molar-refractivity contribution in [1.29, 1.82) is 0 Å². The smallest absolute Gasteiger partial charge is 0.267 e. The molecule has 2 heterocycles. The van der Waals surface area contributed by atoms with Crippen LogP contribution in [0.25, 0.3) is 16.8 Å². The Hall–Kier alpha value is -3.31. The van der Waals surface area contributed by atoms with Gasteiger partial charge in [-0.25, -0.2) is 0 Å². The zero-order valence-electron chi connectivity index (χ0n) is 15.7. The van der Waals surface area contributed by atoms with Gasteiger partial charge in [0.2, 0.25) is 0 Å². The first-order valence-corrected chi connectivity index (χ1v) is 9.81. The lowest BCUT2D eigenvalue weighted by molar-refractivity contribution is 0.103. The maximum Gasteiger partial charge on any atom is 0.267 e. The van der Waals surface area contributed by atoms with Crippen LogP contribution in [-0.4, -0.2) is 17.6 Å². The summed E-state index contributed by atoms with van der Waals surface area (Å²) in [4.78, 5) is 13.7. The Morgan fingerprint density at radius 2 is 1.79 bits per heavy atom. The quantitative estimate of drug-likeness (QED) is 0.471. The standard InChI is InChI=1S/C23H20N2O2S/c1-16-8-10-17(11-9-16)20-15-28-22(21(20)25-12-3-4-13-25)23(26)24-18-6-5-7-19(14-18)27-2/h3-15H,1-2H3,(H,24,26). The second-order valence-corrected chi connectivity index (χ2v) is 7.35. The number of benzene rings is 2. The van der Waals surface area contributed by atoms with Crippen molar-refractivity contribution in [2.45, 2.75) is 6.92 Å². The van der Waals surface area contributed by atoms with Crippen LogP contribution in [0.4, 0.5) is 5.69 Å². The van der Waals surface area contributed by atoms with E-state index < -0.39 is 0 Å². The molecule has 0 aliphatic rings. The number of anilines is 1. The van der Waals surface area contributed by atoms with Crippen LogP contribution in [-0.2, 0) is 0 Å². The molecule has 0 saturated heterocycles. The van der Waals surface area contributed by atoms with E-state index >= 15 is 0 Å². The molecule has 5 heteroatoms. The molecule has 4 aromatic rings. The van der Waals surface area contributed by atoms with E-state index in [4.69, 9.17) is 4.74 Å². The fourth-order valence-corrected chi connectivity index (χ4v) is 4.05. The van der Waals surface area contributed by atoms with E-state index in [2.05, 4.69) is 36.5 Å². The Labute approximate surface area is 168 Å². The number of aromatic nitrogens is 1. The molecule has 2 aromatic carbocycles. The van der Waals surface area contributed by atoms with Crippen molar-refractivity contribution in [2.24, 2.45) is 0 Å². The monoisotopic (exact) mass is 388 g/mol. The number of methoxy groups -OCH3 is 1. The lowest BCUT2D eigenvalue weighted by Gasteiger charge is -2.11. The van der Waals surface area contributed by atoms with Gasteiger partial charge in [-0.05, 0) is 36.8 Å². The minimum absolute atomic E-state index is 0.139. The molecular weight excluding hydrogens is 368 g/mol. The number of carbonyl (C=O) groups excluding carboxylic acids is 1. The summed E-state index contributed by atoms with van der Waals surface area (Å²) < 4.78 is 7.24. The number of aryl methyl sites for hydroxylation is 1. The van der Waals surface area contributed by atoms with Gasteiger partial charge in [-0.3, -0.25) is 4.79 Å².